The predicted octanol–water partition coefficient (Wildman–Crippen LogP) is 2.74. The Morgan fingerprint density at radius 2 is 2.12 bits per heavy atom. The molecule has 1 aliphatic heterocycles. The van der Waals surface area contributed by atoms with Crippen LogP contribution in [-0.4, -0.2) is 37.1 Å². The number of rotatable bonds is 6. The average Bonchev–Trinajstić information content (AvgIpc) is 2.24. The lowest BCUT2D eigenvalue weighted by atomic mass is 9.94. The van der Waals surface area contributed by atoms with E-state index in [1.54, 1.807) is 0 Å². The molecule has 1 aliphatic rings. The molecule has 0 spiro atoms. The van der Waals surface area contributed by atoms with Gasteiger partial charge in [-0.25, -0.2) is 0 Å². The third kappa shape index (κ3) is 4.42. The summed E-state index contributed by atoms with van der Waals surface area (Å²) in [5, 5.41) is 3.59. The summed E-state index contributed by atoms with van der Waals surface area (Å²) < 4.78 is 0. The third-order valence-corrected chi connectivity index (χ3v) is 3.71. The zero-order valence-electron chi connectivity index (χ0n) is 11.6. The van der Waals surface area contributed by atoms with Crippen molar-refractivity contribution < 1.29 is 0 Å². The minimum absolute atomic E-state index is 0.731. The molecule has 0 aromatic carbocycles. The monoisotopic (exact) mass is 226 g/mol. The first-order valence-corrected chi connectivity index (χ1v) is 7.09. The molecule has 1 heterocycles. The van der Waals surface area contributed by atoms with E-state index in [9.17, 15) is 0 Å². The summed E-state index contributed by atoms with van der Waals surface area (Å²) in [7, 11) is 0. The number of piperidine rings is 1. The van der Waals surface area contributed by atoms with Gasteiger partial charge >= 0.3 is 0 Å². The van der Waals surface area contributed by atoms with Crippen molar-refractivity contribution in [2.75, 3.05) is 26.2 Å². The van der Waals surface area contributed by atoms with Crippen LogP contribution in [0.4, 0.5) is 0 Å². The third-order valence-electron chi connectivity index (χ3n) is 3.71. The summed E-state index contributed by atoms with van der Waals surface area (Å²) in [5.41, 5.74) is 0. The van der Waals surface area contributed by atoms with Crippen LogP contribution in [0, 0.1) is 11.8 Å². The molecule has 0 amide bonds. The molecule has 1 saturated heterocycles. The molecule has 96 valence electrons. The summed E-state index contributed by atoms with van der Waals surface area (Å²) >= 11 is 0. The van der Waals surface area contributed by atoms with Crippen molar-refractivity contribution in [3.05, 3.63) is 0 Å². The van der Waals surface area contributed by atoms with Gasteiger partial charge in [0.1, 0.15) is 0 Å². The van der Waals surface area contributed by atoms with Crippen molar-refractivity contribution in [3.63, 3.8) is 0 Å². The molecule has 1 N–H and O–H groups in total. The molecule has 0 aliphatic carbocycles. The fraction of sp³-hybridized carbons (Fsp3) is 1.00. The van der Waals surface area contributed by atoms with Crippen LogP contribution in [0.5, 0.6) is 0 Å². The Bertz CT molecular complexity index is 180. The van der Waals surface area contributed by atoms with Crippen LogP contribution in [0.1, 0.15) is 47.0 Å². The summed E-state index contributed by atoms with van der Waals surface area (Å²) in [6.07, 6.45) is 4.04. The second-order valence-electron chi connectivity index (χ2n) is 5.76. The first kappa shape index (κ1) is 14.0. The van der Waals surface area contributed by atoms with E-state index in [2.05, 4.69) is 37.9 Å². The Labute approximate surface area is 102 Å². The van der Waals surface area contributed by atoms with Gasteiger partial charge in [-0.1, -0.05) is 27.7 Å². The van der Waals surface area contributed by atoms with Gasteiger partial charge in [-0.15, -0.1) is 0 Å². The maximum absolute atomic E-state index is 3.59. The molecule has 2 atom stereocenters. The lowest BCUT2D eigenvalue weighted by molar-refractivity contribution is 0.100. The normalized spacial score (nSPS) is 24.9. The van der Waals surface area contributed by atoms with E-state index in [-0.39, 0.29) is 0 Å². The van der Waals surface area contributed by atoms with E-state index in [1.807, 2.05) is 0 Å². The number of nitrogens with zero attached hydrogens (tertiary/aromatic N) is 1. The minimum Gasteiger partial charge on any atom is -0.315 e. The average molecular weight is 226 g/mol. The van der Waals surface area contributed by atoms with Crippen LogP contribution in [0.15, 0.2) is 0 Å². The van der Waals surface area contributed by atoms with Crippen LogP contribution in [0.3, 0.4) is 0 Å². The molecule has 0 bridgehead atoms. The summed E-state index contributed by atoms with van der Waals surface area (Å²) in [5.74, 6) is 1.65. The largest absolute Gasteiger partial charge is 0.315 e. The second kappa shape index (κ2) is 7.29. The maximum atomic E-state index is 3.59. The summed E-state index contributed by atoms with van der Waals surface area (Å²) in [6.45, 7) is 14.3. The van der Waals surface area contributed by atoms with Crippen molar-refractivity contribution in [1.82, 2.24) is 10.2 Å². The number of hydrogen-bond donors (Lipinski definition) is 1. The Balaban J connectivity index is 2.41. The summed E-state index contributed by atoms with van der Waals surface area (Å²) in [6, 6.07) is 0.731. The lowest BCUT2D eigenvalue weighted by Gasteiger charge is -2.39. The summed E-state index contributed by atoms with van der Waals surface area (Å²) in [4.78, 5) is 2.71. The first-order chi connectivity index (χ1) is 7.65. The Hall–Kier alpha value is -0.0800. The van der Waals surface area contributed by atoms with Crippen molar-refractivity contribution in [2.24, 2.45) is 11.8 Å². The molecule has 1 fully saturated rings. The van der Waals surface area contributed by atoms with E-state index in [0.717, 1.165) is 31.0 Å². The molecular formula is C14H30N2. The van der Waals surface area contributed by atoms with Gasteiger partial charge in [-0.3, -0.25) is 4.90 Å². The molecule has 2 nitrogen and oxygen atoms in total. The molecule has 2 unspecified atom stereocenters. The standard InChI is InChI=1S/C14H30N2/c1-5-8-15-10-14(12(2)3)16-9-6-7-13(4)11-16/h12-15H,5-11H2,1-4H3. The van der Waals surface area contributed by atoms with E-state index < -0.39 is 0 Å². The number of hydrogen-bond acceptors (Lipinski definition) is 2. The molecule has 16 heavy (non-hydrogen) atoms. The maximum Gasteiger partial charge on any atom is 0.0243 e. The van der Waals surface area contributed by atoms with Gasteiger partial charge in [-0.2, -0.15) is 0 Å². The van der Waals surface area contributed by atoms with E-state index in [0.29, 0.717) is 0 Å². The fourth-order valence-corrected chi connectivity index (χ4v) is 2.74. The van der Waals surface area contributed by atoms with Crippen LogP contribution in [0.25, 0.3) is 0 Å². The topological polar surface area (TPSA) is 15.3 Å². The predicted molar refractivity (Wildman–Crippen MR) is 71.8 cm³/mol. The fourth-order valence-electron chi connectivity index (χ4n) is 2.74. The second-order valence-corrected chi connectivity index (χ2v) is 5.76. The van der Waals surface area contributed by atoms with Gasteiger partial charge in [0, 0.05) is 19.1 Å². The van der Waals surface area contributed by atoms with Crippen LogP contribution < -0.4 is 5.32 Å². The molecule has 0 radical (unpaired) electrons. The van der Waals surface area contributed by atoms with Crippen molar-refractivity contribution >= 4 is 0 Å². The van der Waals surface area contributed by atoms with Gasteiger partial charge in [0.15, 0.2) is 0 Å². The first-order valence-electron chi connectivity index (χ1n) is 7.09. The van der Waals surface area contributed by atoms with E-state index in [1.165, 1.54) is 32.4 Å². The Morgan fingerprint density at radius 3 is 2.69 bits per heavy atom. The van der Waals surface area contributed by atoms with Crippen LogP contribution in [-0.2, 0) is 0 Å². The zero-order valence-corrected chi connectivity index (χ0v) is 11.6. The van der Waals surface area contributed by atoms with E-state index in [4.69, 9.17) is 0 Å². The van der Waals surface area contributed by atoms with Crippen LogP contribution in [0.2, 0.25) is 0 Å². The Morgan fingerprint density at radius 1 is 1.38 bits per heavy atom. The Kier molecular flexibility index (Phi) is 6.37. The van der Waals surface area contributed by atoms with Gasteiger partial charge in [0.2, 0.25) is 0 Å². The number of nitrogens with one attached hydrogen (secondary N) is 1. The highest BCUT2D eigenvalue weighted by atomic mass is 15.2. The smallest absolute Gasteiger partial charge is 0.0243 e. The molecule has 0 saturated carbocycles. The molecule has 1 rings (SSSR count). The quantitative estimate of drug-likeness (QED) is 0.701. The highest BCUT2D eigenvalue weighted by molar-refractivity contribution is 4.81. The van der Waals surface area contributed by atoms with Gasteiger partial charge in [0.25, 0.3) is 0 Å². The molecule has 0 aromatic heterocycles. The van der Waals surface area contributed by atoms with E-state index >= 15 is 0 Å². The highest BCUT2D eigenvalue weighted by Crippen LogP contribution is 2.20. The molecular weight excluding hydrogens is 196 g/mol. The van der Waals surface area contributed by atoms with Gasteiger partial charge in [0.05, 0.1) is 0 Å². The van der Waals surface area contributed by atoms with Crippen molar-refractivity contribution in [2.45, 2.75) is 53.0 Å². The van der Waals surface area contributed by atoms with Crippen LogP contribution >= 0.6 is 0 Å². The minimum atomic E-state index is 0.731. The molecule has 0 aromatic rings. The van der Waals surface area contributed by atoms with Gasteiger partial charge in [-0.05, 0) is 44.2 Å². The van der Waals surface area contributed by atoms with Crippen molar-refractivity contribution in [3.8, 4) is 0 Å². The SMILES string of the molecule is CCCNCC(C(C)C)N1CCCC(C)C1. The van der Waals surface area contributed by atoms with Crippen molar-refractivity contribution in [1.29, 1.82) is 0 Å². The zero-order chi connectivity index (χ0) is 12.0. The lowest BCUT2D eigenvalue weighted by Crippen LogP contribution is -2.49. The highest BCUT2D eigenvalue weighted by Gasteiger charge is 2.25. The van der Waals surface area contributed by atoms with Gasteiger partial charge < -0.3 is 5.32 Å². The number of likely N-dealkylation sites (tertiary alicyclic amines) is 1. The molecule has 2 heteroatoms.